The highest BCUT2D eigenvalue weighted by molar-refractivity contribution is 7.11. The zero-order valence-electron chi connectivity index (χ0n) is 9.51. The number of rotatable bonds is 4. The zero-order chi connectivity index (χ0) is 12.3. The summed E-state index contributed by atoms with van der Waals surface area (Å²) in [5.41, 5.74) is 4.71. The molecule has 0 aliphatic rings. The van der Waals surface area contributed by atoms with E-state index in [4.69, 9.17) is 5.11 Å². The Hall–Kier alpha value is -1.68. The van der Waals surface area contributed by atoms with Gasteiger partial charge in [-0.3, -0.25) is 0 Å². The first-order chi connectivity index (χ1) is 8.16. The van der Waals surface area contributed by atoms with Crippen LogP contribution in [0.4, 0.5) is 0 Å². The molecule has 2 aromatic rings. The lowest BCUT2D eigenvalue weighted by Crippen LogP contribution is -2.00. The second-order valence-electron chi connectivity index (χ2n) is 3.92. The van der Waals surface area contributed by atoms with Crippen LogP contribution in [0.25, 0.3) is 0 Å². The van der Waals surface area contributed by atoms with Gasteiger partial charge in [-0.05, 0) is 25.3 Å². The average Bonchev–Trinajstić information content (AvgIpc) is 2.76. The van der Waals surface area contributed by atoms with E-state index in [2.05, 4.69) is 29.2 Å². The molecule has 4 heteroatoms. The summed E-state index contributed by atoms with van der Waals surface area (Å²) in [4.78, 5) is 15.4. The number of hydrogen-bond donors (Lipinski definition) is 1. The molecule has 1 N–H and O–H groups in total. The van der Waals surface area contributed by atoms with Gasteiger partial charge < -0.3 is 5.11 Å². The fraction of sp³-hybridized carbons (Fsp3) is 0.231. The van der Waals surface area contributed by atoms with Gasteiger partial charge in [-0.15, -0.1) is 11.3 Å². The standard InChI is InChI=1S/C13H13NO2S/c1-9-2-4-10(5-3-9)6-7-11-12(13(15)16)17-8-14-11/h2-5,8H,6-7H2,1H3,(H,15,16). The Bertz CT molecular complexity index is 516. The third kappa shape index (κ3) is 2.91. The van der Waals surface area contributed by atoms with Crippen LogP contribution in [0.5, 0.6) is 0 Å². The number of aryl methyl sites for hydroxylation is 3. The van der Waals surface area contributed by atoms with Crippen molar-refractivity contribution < 1.29 is 9.90 Å². The minimum Gasteiger partial charge on any atom is -0.477 e. The third-order valence-corrected chi connectivity index (χ3v) is 3.46. The number of carboxylic acid groups (broad SMARTS) is 1. The monoisotopic (exact) mass is 247 g/mol. The van der Waals surface area contributed by atoms with Crippen LogP contribution in [0.15, 0.2) is 29.8 Å². The third-order valence-electron chi connectivity index (χ3n) is 2.61. The van der Waals surface area contributed by atoms with Crippen molar-refractivity contribution in [2.45, 2.75) is 19.8 Å². The molecule has 3 nitrogen and oxygen atoms in total. The minimum atomic E-state index is -0.883. The molecule has 1 heterocycles. The Morgan fingerprint density at radius 3 is 2.65 bits per heavy atom. The van der Waals surface area contributed by atoms with Crippen LogP contribution in [0.3, 0.4) is 0 Å². The quantitative estimate of drug-likeness (QED) is 0.903. The Kier molecular flexibility index (Phi) is 3.54. The minimum absolute atomic E-state index is 0.358. The molecule has 0 aliphatic carbocycles. The zero-order valence-corrected chi connectivity index (χ0v) is 10.3. The van der Waals surface area contributed by atoms with Gasteiger partial charge in [0.05, 0.1) is 11.2 Å². The van der Waals surface area contributed by atoms with E-state index in [-0.39, 0.29) is 0 Å². The van der Waals surface area contributed by atoms with E-state index in [9.17, 15) is 4.79 Å². The highest BCUT2D eigenvalue weighted by Crippen LogP contribution is 2.16. The molecule has 1 aromatic carbocycles. The Labute approximate surface area is 104 Å². The highest BCUT2D eigenvalue weighted by Gasteiger charge is 2.12. The van der Waals surface area contributed by atoms with Crippen LogP contribution in [-0.2, 0) is 12.8 Å². The lowest BCUT2D eigenvalue weighted by Gasteiger charge is -2.01. The lowest BCUT2D eigenvalue weighted by atomic mass is 10.1. The van der Waals surface area contributed by atoms with Gasteiger partial charge in [0.2, 0.25) is 0 Å². The van der Waals surface area contributed by atoms with Crippen molar-refractivity contribution in [2.75, 3.05) is 0 Å². The van der Waals surface area contributed by atoms with Crippen LogP contribution in [-0.4, -0.2) is 16.1 Å². The summed E-state index contributed by atoms with van der Waals surface area (Å²) < 4.78 is 0. The number of aromatic carboxylic acids is 1. The number of carboxylic acids is 1. The Morgan fingerprint density at radius 1 is 1.29 bits per heavy atom. The van der Waals surface area contributed by atoms with E-state index in [1.807, 2.05) is 6.92 Å². The summed E-state index contributed by atoms with van der Waals surface area (Å²) in [6.45, 7) is 2.05. The van der Waals surface area contributed by atoms with Gasteiger partial charge in [-0.25, -0.2) is 9.78 Å². The van der Waals surface area contributed by atoms with Crippen molar-refractivity contribution in [3.8, 4) is 0 Å². The smallest absolute Gasteiger partial charge is 0.347 e. The van der Waals surface area contributed by atoms with Crippen molar-refractivity contribution in [2.24, 2.45) is 0 Å². The fourth-order valence-corrected chi connectivity index (χ4v) is 2.32. The maximum atomic E-state index is 10.9. The molecule has 0 radical (unpaired) electrons. The maximum absolute atomic E-state index is 10.9. The van der Waals surface area contributed by atoms with E-state index in [1.54, 1.807) is 5.51 Å². The summed E-state index contributed by atoms with van der Waals surface area (Å²) >= 11 is 1.18. The van der Waals surface area contributed by atoms with E-state index >= 15 is 0 Å². The maximum Gasteiger partial charge on any atom is 0.347 e. The summed E-state index contributed by atoms with van der Waals surface area (Å²) in [6, 6.07) is 8.27. The first-order valence-corrected chi connectivity index (χ1v) is 6.26. The largest absolute Gasteiger partial charge is 0.477 e. The summed E-state index contributed by atoms with van der Waals surface area (Å²) in [7, 11) is 0. The summed E-state index contributed by atoms with van der Waals surface area (Å²) in [5.74, 6) is -0.883. The summed E-state index contributed by atoms with van der Waals surface area (Å²) in [6.07, 6.45) is 1.50. The first kappa shape index (κ1) is 11.8. The van der Waals surface area contributed by atoms with E-state index < -0.39 is 5.97 Å². The Balaban J connectivity index is 2.05. The van der Waals surface area contributed by atoms with E-state index in [0.29, 0.717) is 17.0 Å². The molecule has 0 spiro atoms. The fourth-order valence-electron chi connectivity index (χ4n) is 1.64. The average molecular weight is 247 g/mol. The molecular formula is C13H13NO2S. The second-order valence-corrected chi connectivity index (χ2v) is 4.77. The Morgan fingerprint density at radius 2 is 2.00 bits per heavy atom. The van der Waals surface area contributed by atoms with Crippen molar-refractivity contribution in [3.63, 3.8) is 0 Å². The van der Waals surface area contributed by atoms with Gasteiger partial charge in [0.15, 0.2) is 0 Å². The summed E-state index contributed by atoms with van der Waals surface area (Å²) in [5, 5.41) is 8.96. The van der Waals surface area contributed by atoms with Crippen molar-refractivity contribution in [1.29, 1.82) is 0 Å². The van der Waals surface area contributed by atoms with Crippen molar-refractivity contribution in [1.82, 2.24) is 4.98 Å². The van der Waals surface area contributed by atoms with Gasteiger partial charge in [-0.2, -0.15) is 0 Å². The second kappa shape index (κ2) is 5.10. The molecule has 0 aliphatic heterocycles. The number of thiazole rings is 1. The molecule has 0 amide bonds. The van der Waals surface area contributed by atoms with Crippen LogP contribution < -0.4 is 0 Å². The predicted molar refractivity (Wildman–Crippen MR) is 67.7 cm³/mol. The van der Waals surface area contributed by atoms with Crippen LogP contribution >= 0.6 is 11.3 Å². The molecule has 0 bridgehead atoms. The van der Waals surface area contributed by atoms with Crippen LogP contribution in [0.2, 0.25) is 0 Å². The van der Waals surface area contributed by atoms with Gasteiger partial charge in [0.25, 0.3) is 0 Å². The topological polar surface area (TPSA) is 50.2 Å². The highest BCUT2D eigenvalue weighted by atomic mass is 32.1. The number of aromatic nitrogens is 1. The van der Waals surface area contributed by atoms with Crippen LogP contribution in [0, 0.1) is 6.92 Å². The lowest BCUT2D eigenvalue weighted by molar-refractivity contribution is 0.0700. The SMILES string of the molecule is Cc1ccc(CCc2ncsc2C(=O)O)cc1. The molecule has 0 atom stereocenters. The van der Waals surface area contributed by atoms with Gasteiger partial charge in [0.1, 0.15) is 4.88 Å². The molecular weight excluding hydrogens is 234 g/mol. The normalized spacial score (nSPS) is 10.4. The van der Waals surface area contributed by atoms with Gasteiger partial charge in [-0.1, -0.05) is 29.8 Å². The van der Waals surface area contributed by atoms with Crippen molar-refractivity contribution in [3.05, 3.63) is 51.5 Å². The molecule has 0 unspecified atom stereocenters. The number of benzene rings is 1. The van der Waals surface area contributed by atoms with Gasteiger partial charge in [0, 0.05) is 0 Å². The van der Waals surface area contributed by atoms with E-state index in [0.717, 1.165) is 6.42 Å². The van der Waals surface area contributed by atoms with Crippen LogP contribution in [0.1, 0.15) is 26.5 Å². The first-order valence-electron chi connectivity index (χ1n) is 5.38. The number of carbonyl (C=O) groups is 1. The molecule has 0 saturated heterocycles. The van der Waals surface area contributed by atoms with E-state index in [1.165, 1.54) is 22.5 Å². The molecule has 88 valence electrons. The van der Waals surface area contributed by atoms with Crippen molar-refractivity contribution >= 4 is 17.3 Å². The predicted octanol–water partition coefficient (Wildman–Crippen LogP) is 2.93. The molecule has 1 aromatic heterocycles. The number of hydrogen-bond acceptors (Lipinski definition) is 3. The molecule has 2 rings (SSSR count). The molecule has 0 saturated carbocycles. The number of nitrogens with zero attached hydrogens (tertiary/aromatic N) is 1. The molecule has 17 heavy (non-hydrogen) atoms. The van der Waals surface area contributed by atoms with Gasteiger partial charge >= 0.3 is 5.97 Å². The molecule has 0 fully saturated rings.